The van der Waals surface area contributed by atoms with Gasteiger partial charge in [-0.3, -0.25) is 14.5 Å². The summed E-state index contributed by atoms with van der Waals surface area (Å²) in [4.78, 5) is 30.5. The minimum absolute atomic E-state index is 0.198. The number of imide groups is 1. The molecule has 1 saturated heterocycles. The Bertz CT molecular complexity index is 1060. The van der Waals surface area contributed by atoms with Crippen molar-refractivity contribution >= 4 is 17.4 Å². The molecule has 4 rings (SSSR count). The van der Waals surface area contributed by atoms with Gasteiger partial charge in [-0.15, -0.1) is 0 Å². The SMILES string of the molecule is Cc1cc(C)cc(OCCN2C(=O)C(c3ccc(C)cc3C)=C(N3CCCCC3)C2=O)c1. The molecule has 168 valence electrons. The zero-order chi connectivity index (χ0) is 22.8. The van der Waals surface area contributed by atoms with Crippen LogP contribution in [-0.2, 0) is 9.59 Å². The van der Waals surface area contributed by atoms with Gasteiger partial charge in [0.05, 0.1) is 12.1 Å². The Kier molecular flexibility index (Phi) is 6.35. The number of ether oxygens (including phenoxy) is 1. The molecule has 32 heavy (non-hydrogen) atoms. The number of carbonyl (C=O) groups is 2. The van der Waals surface area contributed by atoms with Crippen LogP contribution < -0.4 is 4.74 Å². The van der Waals surface area contributed by atoms with Gasteiger partial charge in [-0.2, -0.15) is 0 Å². The molecule has 2 aliphatic heterocycles. The minimum Gasteiger partial charge on any atom is -0.492 e. The van der Waals surface area contributed by atoms with Crippen LogP contribution in [0.4, 0.5) is 0 Å². The molecule has 0 saturated carbocycles. The lowest BCUT2D eigenvalue weighted by atomic mass is 9.97. The number of piperidine rings is 1. The third kappa shape index (κ3) is 4.43. The Morgan fingerprint density at radius 1 is 0.812 bits per heavy atom. The van der Waals surface area contributed by atoms with Crippen LogP contribution in [-0.4, -0.2) is 47.9 Å². The predicted molar refractivity (Wildman–Crippen MR) is 126 cm³/mol. The third-order valence-corrected chi connectivity index (χ3v) is 6.25. The fourth-order valence-electron chi connectivity index (χ4n) is 4.79. The molecule has 0 unspecified atom stereocenters. The first-order chi connectivity index (χ1) is 15.3. The van der Waals surface area contributed by atoms with Crippen LogP contribution in [0, 0.1) is 27.7 Å². The molecule has 0 N–H and O–H groups in total. The van der Waals surface area contributed by atoms with Crippen molar-refractivity contribution in [1.82, 2.24) is 9.80 Å². The maximum absolute atomic E-state index is 13.5. The van der Waals surface area contributed by atoms with Crippen molar-refractivity contribution in [3.05, 3.63) is 69.9 Å². The Balaban J connectivity index is 1.59. The van der Waals surface area contributed by atoms with Crippen molar-refractivity contribution in [1.29, 1.82) is 0 Å². The van der Waals surface area contributed by atoms with E-state index in [0.717, 1.165) is 65.9 Å². The normalized spacial score (nSPS) is 16.9. The monoisotopic (exact) mass is 432 g/mol. The van der Waals surface area contributed by atoms with E-state index < -0.39 is 0 Å². The Morgan fingerprint density at radius 2 is 1.50 bits per heavy atom. The van der Waals surface area contributed by atoms with Gasteiger partial charge >= 0.3 is 0 Å². The van der Waals surface area contributed by atoms with Crippen LogP contribution in [0.1, 0.15) is 47.1 Å². The molecule has 1 fully saturated rings. The summed E-state index contributed by atoms with van der Waals surface area (Å²) in [5, 5.41) is 0. The maximum atomic E-state index is 13.5. The Hall–Kier alpha value is -3.08. The topological polar surface area (TPSA) is 49.9 Å². The molecule has 2 aromatic carbocycles. The summed E-state index contributed by atoms with van der Waals surface area (Å²) in [7, 11) is 0. The maximum Gasteiger partial charge on any atom is 0.277 e. The number of rotatable bonds is 6. The number of amides is 2. The summed E-state index contributed by atoms with van der Waals surface area (Å²) >= 11 is 0. The average molecular weight is 433 g/mol. The number of aryl methyl sites for hydroxylation is 4. The van der Waals surface area contributed by atoms with E-state index in [1.165, 1.54) is 4.90 Å². The predicted octanol–water partition coefficient (Wildman–Crippen LogP) is 4.57. The van der Waals surface area contributed by atoms with Gasteiger partial charge in [0.1, 0.15) is 18.1 Å². The fourth-order valence-corrected chi connectivity index (χ4v) is 4.79. The molecule has 0 aliphatic carbocycles. The number of likely N-dealkylation sites (tertiary alicyclic amines) is 1. The molecule has 0 radical (unpaired) electrons. The summed E-state index contributed by atoms with van der Waals surface area (Å²) in [6, 6.07) is 12.1. The molecule has 2 amide bonds. The van der Waals surface area contributed by atoms with E-state index in [2.05, 4.69) is 17.0 Å². The second kappa shape index (κ2) is 9.19. The van der Waals surface area contributed by atoms with Crippen LogP contribution in [0.25, 0.3) is 5.57 Å². The lowest BCUT2D eigenvalue weighted by Crippen LogP contribution is -2.39. The van der Waals surface area contributed by atoms with Crippen molar-refractivity contribution in [3.63, 3.8) is 0 Å². The van der Waals surface area contributed by atoms with E-state index >= 15 is 0 Å². The van der Waals surface area contributed by atoms with Crippen molar-refractivity contribution in [2.45, 2.75) is 47.0 Å². The number of nitrogens with zero attached hydrogens (tertiary/aromatic N) is 2. The first kappa shape index (κ1) is 22.1. The van der Waals surface area contributed by atoms with E-state index in [1.807, 2.05) is 52.0 Å². The standard InChI is InChI=1S/C27H32N2O3/c1-18-8-9-23(21(4)15-18)24-25(28-10-6-5-7-11-28)27(31)29(26(24)30)12-13-32-22-16-19(2)14-20(3)17-22/h8-9,14-17H,5-7,10-13H2,1-4H3. The van der Waals surface area contributed by atoms with Gasteiger partial charge in [0.15, 0.2) is 0 Å². The second-order valence-electron chi connectivity index (χ2n) is 9.02. The lowest BCUT2D eigenvalue weighted by Gasteiger charge is -2.29. The molecule has 5 heteroatoms. The smallest absolute Gasteiger partial charge is 0.277 e. The van der Waals surface area contributed by atoms with E-state index in [0.29, 0.717) is 11.3 Å². The highest BCUT2D eigenvalue weighted by Gasteiger charge is 2.42. The summed E-state index contributed by atoms with van der Waals surface area (Å²) in [6.45, 7) is 10.2. The van der Waals surface area contributed by atoms with Crippen LogP contribution >= 0.6 is 0 Å². The van der Waals surface area contributed by atoms with Gasteiger partial charge in [0.2, 0.25) is 0 Å². The van der Waals surface area contributed by atoms with Crippen molar-refractivity contribution in [2.24, 2.45) is 0 Å². The molecular weight excluding hydrogens is 400 g/mol. The summed E-state index contributed by atoms with van der Waals surface area (Å²) in [6.07, 6.45) is 3.25. The quantitative estimate of drug-likeness (QED) is 0.628. The van der Waals surface area contributed by atoms with Gasteiger partial charge in [-0.25, -0.2) is 0 Å². The van der Waals surface area contributed by atoms with E-state index in [-0.39, 0.29) is 25.0 Å². The highest BCUT2D eigenvalue weighted by atomic mass is 16.5. The van der Waals surface area contributed by atoms with Gasteiger partial charge in [-0.05, 0) is 81.3 Å². The fraction of sp³-hybridized carbons (Fsp3) is 0.407. The van der Waals surface area contributed by atoms with E-state index in [1.54, 1.807) is 0 Å². The van der Waals surface area contributed by atoms with Gasteiger partial charge in [-0.1, -0.05) is 29.8 Å². The molecule has 2 heterocycles. The Labute approximate surface area is 190 Å². The lowest BCUT2D eigenvalue weighted by molar-refractivity contribution is -0.138. The summed E-state index contributed by atoms with van der Waals surface area (Å²) in [5.74, 6) is 0.350. The van der Waals surface area contributed by atoms with E-state index in [9.17, 15) is 9.59 Å². The molecule has 2 aliphatic rings. The average Bonchev–Trinajstić information content (AvgIpc) is 2.98. The summed E-state index contributed by atoms with van der Waals surface area (Å²) in [5.41, 5.74) is 6.37. The van der Waals surface area contributed by atoms with Crippen molar-refractivity contribution in [2.75, 3.05) is 26.2 Å². The molecule has 2 aromatic rings. The molecule has 0 spiro atoms. The van der Waals surface area contributed by atoms with Crippen molar-refractivity contribution in [3.8, 4) is 5.75 Å². The largest absolute Gasteiger partial charge is 0.492 e. The number of carbonyl (C=O) groups excluding carboxylic acids is 2. The van der Waals surface area contributed by atoms with Crippen LogP contribution in [0.15, 0.2) is 42.1 Å². The molecule has 0 aromatic heterocycles. The van der Waals surface area contributed by atoms with E-state index in [4.69, 9.17) is 4.74 Å². The number of hydrogen-bond donors (Lipinski definition) is 0. The minimum atomic E-state index is -0.216. The van der Waals surface area contributed by atoms with Crippen LogP contribution in [0.3, 0.4) is 0 Å². The molecule has 5 nitrogen and oxygen atoms in total. The zero-order valence-electron chi connectivity index (χ0n) is 19.5. The highest BCUT2D eigenvalue weighted by molar-refractivity contribution is 6.35. The third-order valence-electron chi connectivity index (χ3n) is 6.25. The Morgan fingerprint density at radius 3 is 2.16 bits per heavy atom. The first-order valence-corrected chi connectivity index (χ1v) is 11.5. The molecule has 0 atom stereocenters. The first-order valence-electron chi connectivity index (χ1n) is 11.5. The molecular formula is C27H32N2O3. The van der Waals surface area contributed by atoms with Gasteiger partial charge < -0.3 is 9.64 Å². The van der Waals surface area contributed by atoms with Gasteiger partial charge in [0, 0.05) is 13.1 Å². The summed E-state index contributed by atoms with van der Waals surface area (Å²) < 4.78 is 5.91. The second-order valence-corrected chi connectivity index (χ2v) is 9.02. The number of hydrogen-bond acceptors (Lipinski definition) is 4. The highest BCUT2D eigenvalue weighted by Crippen LogP contribution is 2.34. The zero-order valence-corrected chi connectivity index (χ0v) is 19.5. The van der Waals surface area contributed by atoms with Crippen LogP contribution in [0.5, 0.6) is 5.75 Å². The molecule has 0 bridgehead atoms. The van der Waals surface area contributed by atoms with Crippen LogP contribution in [0.2, 0.25) is 0 Å². The van der Waals surface area contributed by atoms with Gasteiger partial charge in [0.25, 0.3) is 11.8 Å². The number of benzene rings is 2. The van der Waals surface area contributed by atoms with Crippen molar-refractivity contribution < 1.29 is 14.3 Å².